The molecule has 0 atom stereocenters. The molecule has 1 aromatic heterocycles. The Labute approximate surface area is 457 Å². The topological polar surface area (TPSA) is 149 Å². The van der Waals surface area contributed by atoms with Crippen LogP contribution in [0, 0.1) is 0 Å². The summed E-state index contributed by atoms with van der Waals surface area (Å²) in [5, 5.41) is 0. The summed E-state index contributed by atoms with van der Waals surface area (Å²) < 4.78 is 56.9. The second kappa shape index (κ2) is 46.9. The molecule has 0 N–H and O–H groups in total. The molecule has 0 amide bonds. The van der Waals surface area contributed by atoms with E-state index >= 15 is 0 Å². The van der Waals surface area contributed by atoms with E-state index < -0.39 is 35.0 Å². The third kappa shape index (κ3) is 31.4. The van der Waals surface area contributed by atoms with Crippen LogP contribution in [0.4, 0.5) is 0 Å². The first-order valence-electron chi connectivity index (χ1n) is 31.3. The second-order valence-corrected chi connectivity index (χ2v) is 20.1. The molecule has 1 aromatic rings. The predicted molar refractivity (Wildman–Crippen MR) is 304 cm³/mol. The van der Waals surface area contributed by atoms with Gasteiger partial charge in [0.2, 0.25) is 0 Å². The molecule has 0 aliphatic carbocycles. The maximum atomic E-state index is 13.8. The molecule has 0 aromatic carbocycles. The van der Waals surface area contributed by atoms with E-state index in [9.17, 15) is 14.4 Å². The third-order valence-electron chi connectivity index (χ3n) is 14.0. The van der Waals surface area contributed by atoms with Crippen LogP contribution in [0.5, 0.6) is 0 Å². The van der Waals surface area contributed by atoms with Crippen LogP contribution >= 0.6 is 0 Å². The SMILES string of the molecule is CCOC(CCCCCCCCCCCCn1c(=O)n(CCCCCCCCCCCCC(OCC)(OCC)OCC)c(=O)n(CCCCCCCCCCCCC(OCC)(OCC)OCC)c1=O)(OCC)OCC. The van der Waals surface area contributed by atoms with Crippen LogP contribution < -0.4 is 17.1 Å². The molecule has 444 valence electrons. The van der Waals surface area contributed by atoms with Crippen LogP contribution in [0.15, 0.2) is 14.4 Å². The minimum atomic E-state index is -0.915. The van der Waals surface area contributed by atoms with Gasteiger partial charge in [0, 0.05) is 98.4 Å². The summed E-state index contributed by atoms with van der Waals surface area (Å²) in [6.45, 7) is 23.8. The monoisotopic (exact) mass is 1070 g/mol. The van der Waals surface area contributed by atoms with Crippen molar-refractivity contribution in [3.8, 4) is 0 Å². The molecule has 1 heterocycles. The van der Waals surface area contributed by atoms with Crippen LogP contribution in [0.3, 0.4) is 0 Å². The van der Waals surface area contributed by atoms with Crippen LogP contribution in [0.2, 0.25) is 0 Å². The molecule has 0 fully saturated rings. The Morgan fingerprint density at radius 3 is 0.507 bits per heavy atom. The largest absolute Gasteiger partial charge is 0.336 e. The van der Waals surface area contributed by atoms with Crippen molar-refractivity contribution in [3.05, 3.63) is 31.5 Å². The van der Waals surface area contributed by atoms with E-state index in [0.717, 1.165) is 135 Å². The average molecular weight is 1070 g/mol. The minimum absolute atomic E-state index is 0.351. The van der Waals surface area contributed by atoms with Gasteiger partial charge in [0.15, 0.2) is 0 Å². The van der Waals surface area contributed by atoms with E-state index in [0.29, 0.717) is 79.1 Å². The van der Waals surface area contributed by atoms with E-state index in [4.69, 9.17) is 42.6 Å². The zero-order valence-corrected chi connectivity index (χ0v) is 50.1. The zero-order valence-electron chi connectivity index (χ0n) is 50.1. The van der Waals surface area contributed by atoms with Crippen molar-refractivity contribution in [3.63, 3.8) is 0 Å². The fourth-order valence-corrected chi connectivity index (χ4v) is 10.3. The van der Waals surface area contributed by atoms with E-state index in [1.165, 1.54) is 90.8 Å². The number of unbranched alkanes of at least 4 members (excludes halogenated alkanes) is 27. The standard InChI is InChI=1S/C60H117N3O12/c1-10-67-58(68-11-2,69-12-3)49-43-37-31-25-19-22-28-34-40-46-52-61-55(64)62(53-47-41-35-29-23-20-26-32-38-44-50-59(70-13-4,71-14-5)72-15-6)57(66)63(56(61)65)54-48-42-36-30-24-21-27-33-39-45-51-60(73-16-7,74-17-8)75-18-9/h10-54H2,1-9H3. The molecule has 0 saturated carbocycles. The number of rotatable bonds is 57. The molecular weight excluding hydrogens is 955 g/mol. The summed E-state index contributed by atoms with van der Waals surface area (Å²) in [6, 6.07) is 0. The molecular formula is C60H117N3O12. The Balaban J connectivity index is 2.66. The number of ether oxygens (including phenoxy) is 9. The maximum Gasteiger partial charge on any atom is 0.336 e. The van der Waals surface area contributed by atoms with Crippen LogP contribution in [-0.2, 0) is 62.3 Å². The number of hydrogen-bond donors (Lipinski definition) is 0. The molecule has 0 aliphatic heterocycles. The Bertz CT molecular complexity index is 1370. The average Bonchev–Trinajstić information content (AvgIpc) is 3.38. The molecule has 0 aliphatic rings. The lowest BCUT2D eigenvalue weighted by Gasteiger charge is -2.32. The van der Waals surface area contributed by atoms with Crippen molar-refractivity contribution in [2.24, 2.45) is 0 Å². The quantitative estimate of drug-likeness (QED) is 0.0451. The summed E-state index contributed by atoms with van der Waals surface area (Å²) in [7, 11) is 0. The lowest BCUT2D eigenvalue weighted by Crippen LogP contribution is -2.54. The van der Waals surface area contributed by atoms with Crippen molar-refractivity contribution in [2.75, 3.05) is 59.5 Å². The number of nitrogens with zero attached hydrogens (tertiary/aromatic N) is 3. The maximum absolute atomic E-state index is 13.8. The highest BCUT2D eigenvalue weighted by molar-refractivity contribution is 4.80. The Morgan fingerprint density at radius 2 is 0.360 bits per heavy atom. The van der Waals surface area contributed by atoms with Gasteiger partial charge in [0.25, 0.3) is 17.9 Å². The van der Waals surface area contributed by atoms with Gasteiger partial charge >= 0.3 is 17.1 Å². The van der Waals surface area contributed by atoms with Gasteiger partial charge < -0.3 is 42.6 Å². The normalized spacial score (nSPS) is 12.4. The second-order valence-electron chi connectivity index (χ2n) is 20.1. The van der Waals surface area contributed by atoms with Crippen LogP contribution in [0.1, 0.15) is 274 Å². The predicted octanol–water partition coefficient (Wildman–Crippen LogP) is 14.3. The molecule has 15 nitrogen and oxygen atoms in total. The summed E-state index contributed by atoms with van der Waals surface area (Å²) in [5.41, 5.74) is -1.33. The first-order valence-corrected chi connectivity index (χ1v) is 31.3. The number of aromatic nitrogens is 3. The fraction of sp³-hybridized carbons (Fsp3) is 0.950. The third-order valence-corrected chi connectivity index (χ3v) is 14.0. The van der Waals surface area contributed by atoms with E-state index in [2.05, 4.69) is 0 Å². The van der Waals surface area contributed by atoms with Gasteiger partial charge in [-0.1, -0.05) is 154 Å². The van der Waals surface area contributed by atoms with Crippen molar-refractivity contribution in [1.82, 2.24) is 13.7 Å². The highest BCUT2D eigenvalue weighted by atomic mass is 16.9. The molecule has 0 spiro atoms. The summed E-state index contributed by atoms with van der Waals surface area (Å²) in [4.78, 5) is 41.5. The van der Waals surface area contributed by atoms with Crippen LogP contribution in [-0.4, -0.2) is 91.1 Å². The highest BCUT2D eigenvalue weighted by Crippen LogP contribution is 2.27. The number of hydrogen-bond acceptors (Lipinski definition) is 12. The molecule has 0 radical (unpaired) electrons. The van der Waals surface area contributed by atoms with Gasteiger partial charge in [-0.25, -0.2) is 28.1 Å². The Kier molecular flexibility index (Phi) is 44.5. The van der Waals surface area contributed by atoms with Gasteiger partial charge in [0.05, 0.1) is 0 Å². The highest BCUT2D eigenvalue weighted by Gasteiger charge is 2.33. The van der Waals surface area contributed by atoms with E-state index in [1.54, 1.807) is 0 Å². The first kappa shape index (κ1) is 71.1. The molecule has 75 heavy (non-hydrogen) atoms. The Morgan fingerprint density at radius 1 is 0.227 bits per heavy atom. The van der Waals surface area contributed by atoms with Crippen molar-refractivity contribution in [1.29, 1.82) is 0 Å². The van der Waals surface area contributed by atoms with Gasteiger partial charge in [-0.05, 0) is 101 Å². The summed E-state index contributed by atoms with van der Waals surface area (Å²) in [5.74, 6) is -2.75. The first-order chi connectivity index (χ1) is 36.6. The molecule has 15 heteroatoms. The van der Waals surface area contributed by atoms with Gasteiger partial charge in [0.1, 0.15) is 0 Å². The lowest BCUT2D eigenvalue weighted by atomic mass is 10.1. The van der Waals surface area contributed by atoms with E-state index in [-0.39, 0.29) is 0 Å². The fourth-order valence-electron chi connectivity index (χ4n) is 10.3. The van der Waals surface area contributed by atoms with Gasteiger partial charge in [-0.15, -0.1) is 0 Å². The molecule has 0 unspecified atom stereocenters. The van der Waals surface area contributed by atoms with Crippen molar-refractivity contribution < 1.29 is 42.6 Å². The minimum Gasteiger partial charge on any atom is -0.328 e. The Hall–Kier alpha value is -1.95. The van der Waals surface area contributed by atoms with Crippen molar-refractivity contribution >= 4 is 0 Å². The lowest BCUT2D eigenvalue weighted by molar-refractivity contribution is -0.380. The molecule has 1 rings (SSSR count). The summed E-state index contributed by atoms with van der Waals surface area (Å²) in [6.07, 6.45) is 34.6. The van der Waals surface area contributed by atoms with E-state index in [1.807, 2.05) is 62.3 Å². The van der Waals surface area contributed by atoms with Gasteiger partial charge in [-0.2, -0.15) is 0 Å². The molecule has 0 bridgehead atoms. The zero-order chi connectivity index (χ0) is 55.1. The molecule has 0 saturated heterocycles. The smallest absolute Gasteiger partial charge is 0.328 e. The van der Waals surface area contributed by atoms with Crippen molar-refractivity contribution in [2.45, 2.75) is 312 Å². The van der Waals surface area contributed by atoms with Crippen LogP contribution in [0.25, 0.3) is 0 Å². The van der Waals surface area contributed by atoms with Gasteiger partial charge in [-0.3, -0.25) is 0 Å². The summed E-state index contributed by atoms with van der Waals surface area (Å²) >= 11 is 0.